The number of hydrogen-bond acceptors (Lipinski definition) is 4. The van der Waals surface area contributed by atoms with Crippen LogP contribution in [-0.4, -0.2) is 62.3 Å². The minimum absolute atomic E-state index is 0.640. The highest BCUT2D eigenvalue weighted by molar-refractivity contribution is 4.79. The van der Waals surface area contributed by atoms with E-state index in [4.69, 9.17) is 0 Å². The molecule has 4 unspecified atom stereocenters. The Hall–Kier alpha value is -0.160. The Morgan fingerprint density at radius 3 is 2.42 bits per heavy atom. The fourth-order valence-corrected chi connectivity index (χ4v) is 3.21. The van der Waals surface area contributed by atoms with Crippen molar-refractivity contribution in [2.24, 2.45) is 0 Å². The van der Waals surface area contributed by atoms with Gasteiger partial charge in [-0.15, -0.1) is 0 Å². The van der Waals surface area contributed by atoms with E-state index in [0.29, 0.717) is 18.1 Å². The third kappa shape index (κ3) is 5.78. The van der Waals surface area contributed by atoms with Gasteiger partial charge >= 0.3 is 0 Å². The van der Waals surface area contributed by atoms with Gasteiger partial charge in [-0.3, -0.25) is 0 Å². The van der Waals surface area contributed by atoms with Crippen molar-refractivity contribution in [2.75, 3.05) is 39.3 Å². The van der Waals surface area contributed by atoms with Gasteiger partial charge in [0, 0.05) is 31.2 Å². The van der Waals surface area contributed by atoms with Crippen LogP contribution in [0.1, 0.15) is 39.5 Å². The van der Waals surface area contributed by atoms with Gasteiger partial charge in [0.15, 0.2) is 0 Å². The second kappa shape index (κ2) is 8.20. The van der Waals surface area contributed by atoms with Crippen LogP contribution in [0.4, 0.5) is 0 Å². The molecule has 2 heterocycles. The van der Waals surface area contributed by atoms with Gasteiger partial charge in [0.25, 0.3) is 0 Å². The SMILES string of the molecule is CC1CCN2CCCNC(C)CC(CC2)NCCN1. The molecule has 0 spiro atoms. The maximum absolute atomic E-state index is 3.74. The van der Waals surface area contributed by atoms with E-state index in [1.807, 2.05) is 0 Å². The zero-order chi connectivity index (χ0) is 13.5. The summed E-state index contributed by atoms with van der Waals surface area (Å²) >= 11 is 0. The first-order valence-electron chi connectivity index (χ1n) is 8.16. The van der Waals surface area contributed by atoms with E-state index in [-0.39, 0.29) is 0 Å². The van der Waals surface area contributed by atoms with E-state index < -0.39 is 0 Å². The lowest BCUT2D eigenvalue weighted by Crippen LogP contribution is -2.43. The largest absolute Gasteiger partial charge is 0.314 e. The molecule has 0 aromatic heterocycles. The molecule has 0 aliphatic carbocycles. The Labute approximate surface area is 118 Å². The van der Waals surface area contributed by atoms with Crippen molar-refractivity contribution < 1.29 is 0 Å². The summed E-state index contributed by atoms with van der Waals surface area (Å²) in [6.07, 6.45) is 5.10. The molecule has 0 aromatic rings. The van der Waals surface area contributed by atoms with Crippen LogP contribution in [0.15, 0.2) is 0 Å². The number of fused-ring (bicyclic) bond motifs is 3. The molecular formula is C15H32N4. The lowest BCUT2D eigenvalue weighted by atomic mass is 10.0. The van der Waals surface area contributed by atoms with Gasteiger partial charge in [0.1, 0.15) is 0 Å². The summed E-state index contributed by atoms with van der Waals surface area (Å²) in [6, 6.07) is 1.95. The molecule has 2 rings (SSSR count). The summed E-state index contributed by atoms with van der Waals surface area (Å²) in [6.45, 7) is 11.8. The Balaban J connectivity index is 1.95. The second-order valence-electron chi connectivity index (χ2n) is 6.37. The van der Waals surface area contributed by atoms with Gasteiger partial charge in [-0.05, 0) is 65.7 Å². The molecule has 4 heteroatoms. The molecule has 2 fully saturated rings. The van der Waals surface area contributed by atoms with Crippen LogP contribution in [0.2, 0.25) is 0 Å². The summed E-state index contributed by atoms with van der Waals surface area (Å²) in [4.78, 5) is 2.66. The molecule has 0 radical (unpaired) electrons. The van der Waals surface area contributed by atoms with E-state index in [0.717, 1.165) is 19.6 Å². The molecule has 2 saturated heterocycles. The van der Waals surface area contributed by atoms with Crippen molar-refractivity contribution in [3.05, 3.63) is 0 Å². The molecule has 112 valence electrons. The van der Waals surface area contributed by atoms with Gasteiger partial charge in [-0.2, -0.15) is 0 Å². The van der Waals surface area contributed by atoms with E-state index in [1.54, 1.807) is 0 Å². The standard InChI is InChI=1S/C15H32N4/c1-13-4-10-19-9-3-6-16-14(2)12-15(5-11-19)18-8-7-17-13/h13-18H,3-12H2,1-2H3. The fraction of sp³-hybridized carbons (Fsp3) is 1.00. The van der Waals surface area contributed by atoms with E-state index >= 15 is 0 Å². The Morgan fingerprint density at radius 1 is 0.789 bits per heavy atom. The summed E-state index contributed by atoms with van der Waals surface area (Å²) in [7, 11) is 0. The molecule has 19 heavy (non-hydrogen) atoms. The van der Waals surface area contributed by atoms with E-state index in [1.165, 1.54) is 45.3 Å². The molecule has 0 saturated carbocycles. The van der Waals surface area contributed by atoms with Crippen molar-refractivity contribution in [3.63, 3.8) is 0 Å². The molecular weight excluding hydrogens is 236 g/mol. The second-order valence-corrected chi connectivity index (χ2v) is 6.37. The minimum Gasteiger partial charge on any atom is -0.314 e. The van der Waals surface area contributed by atoms with Crippen LogP contribution in [0.5, 0.6) is 0 Å². The lowest BCUT2D eigenvalue weighted by molar-refractivity contribution is 0.231. The summed E-state index contributed by atoms with van der Waals surface area (Å²) in [5, 5.41) is 11.0. The summed E-state index contributed by atoms with van der Waals surface area (Å²) < 4.78 is 0. The monoisotopic (exact) mass is 268 g/mol. The van der Waals surface area contributed by atoms with Crippen LogP contribution >= 0.6 is 0 Å². The number of nitrogens with zero attached hydrogens (tertiary/aromatic N) is 1. The van der Waals surface area contributed by atoms with Crippen LogP contribution in [0, 0.1) is 0 Å². The first kappa shape index (κ1) is 15.2. The third-order valence-corrected chi connectivity index (χ3v) is 4.50. The highest BCUT2D eigenvalue weighted by Gasteiger charge is 2.17. The number of nitrogens with one attached hydrogen (secondary N) is 3. The summed E-state index contributed by atoms with van der Waals surface area (Å²) in [5.74, 6) is 0. The third-order valence-electron chi connectivity index (χ3n) is 4.50. The first-order valence-corrected chi connectivity index (χ1v) is 8.16. The molecule has 3 N–H and O–H groups in total. The molecule has 2 aliphatic heterocycles. The average Bonchev–Trinajstić information content (AvgIpc) is 2.43. The van der Waals surface area contributed by atoms with Crippen molar-refractivity contribution >= 4 is 0 Å². The van der Waals surface area contributed by atoms with E-state index in [2.05, 4.69) is 34.7 Å². The predicted octanol–water partition coefficient (Wildman–Crippen LogP) is 0.790. The molecule has 4 atom stereocenters. The zero-order valence-electron chi connectivity index (χ0n) is 12.8. The predicted molar refractivity (Wildman–Crippen MR) is 81.6 cm³/mol. The Morgan fingerprint density at radius 2 is 1.53 bits per heavy atom. The Bertz CT molecular complexity index is 246. The molecule has 4 nitrogen and oxygen atoms in total. The average molecular weight is 268 g/mol. The van der Waals surface area contributed by atoms with Gasteiger partial charge in [-0.25, -0.2) is 0 Å². The molecule has 0 amide bonds. The normalized spacial score (nSPS) is 39.5. The van der Waals surface area contributed by atoms with Crippen LogP contribution in [0.3, 0.4) is 0 Å². The summed E-state index contributed by atoms with van der Waals surface area (Å²) in [5.41, 5.74) is 0. The lowest BCUT2D eigenvalue weighted by Gasteiger charge is -2.29. The molecule has 2 aliphatic rings. The quantitative estimate of drug-likeness (QED) is 0.607. The minimum atomic E-state index is 0.640. The van der Waals surface area contributed by atoms with E-state index in [9.17, 15) is 0 Å². The van der Waals surface area contributed by atoms with Crippen molar-refractivity contribution in [1.29, 1.82) is 0 Å². The topological polar surface area (TPSA) is 39.3 Å². The van der Waals surface area contributed by atoms with Gasteiger partial charge in [0.2, 0.25) is 0 Å². The maximum Gasteiger partial charge on any atom is 0.00944 e. The van der Waals surface area contributed by atoms with Crippen molar-refractivity contribution in [1.82, 2.24) is 20.9 Å². The van der Waals surface area contributed by atoms with Gasteiger partial charge in [-0.1, -0.05) is 0 Å². The number of hydrogen-bond donors (Lipinski definition) is 3. The van der Waals surface area contributed by atoms with Crippen LogP contribution in [-0.2, 0) is 0 Å². The fourth-order valence-electron chi connectivity index (χ4n) is 3.21. The van der Waals surface area contributed by atoms with Crippen LogP contribution in [0.25, 0.3) is 0 Å². The smallest absolute Gasteiger partial charge is 0.00944 e. The van der Waals surface area contributed by atoms with Crippen LogP contribution < -0.4 is 16.0 Å². The molecule has 2 bridgehead atoms. The number of rotatable bonds is 0. The van der Waals surface area contributed by atoms with Gasteiger partial charge < -0.3 is 20.9 Å². The Kier molecular flexibility index (Phi) is 6.57. The van der Waals surface area contributed by atoms with Crippen molar-refractivity contribution in [3.8, 4) is 0 Å². The zero-order valence-corrected chi connectivity index (χ0v) is 12.8. The highest BCUT2D eigenvalue weighted by atomic mass is 15.1. The maximum atomic E-state index is 3.74. The first-order chi connectivity index (χ1) is 9.24. The van der Waals surface area contributed by atoms with Gasteiger partial charge in [0.05, 0.1) is 0 Å². The molecule has 0 aromatic carbocycles. The highest BCUT2D eigenvalue weighted by Crippen LogP contribution is 2.09. The van der Waals surface area contributed by atoms with Crippen molar-refractivity contribution in [2.45, 2.75) is 57.7 Å².